The SMILES string of the molecule is O=C(c1ccc(Br)cc1)c1ccccc1-c1ccccn1. The molecule has 0 atom stereocenters. The molecule has 0 amide bonds. The summed E-state index contributed by atoms with van der Waals surface area (Å²) in [5.41, 5.74) is 2.99. The zero-order valence-corrected chi connectivity index (χ0v) is 12.7. The highest BCUT2D eigenvalue weighted by molar-refractivity contribution is 9.10. The Morgan fingerprint density at radius 2 is 1.57 bits per heavy atom. The van der Waals surface area contributed by atoms with Crippen LogP contribution in [0.4, 0.5) is 0 Å². The summed E-state index contributed by atoms with van der Waals surface area (Å²) in [5.74, 6) is 0.00348. The van der Waals surface area contributed by atoms with Gasteiger partial charge in [0.25, 0.3) is 0 Å². The molecule has 1 heterocycles. The van der Waals surface area contributed by atoms with Crippen LogP contribution in [0, 0.1) is 0 Å². The van der Waals surface area contributed by atoms with Crippen LogP contribution >= 0.6 is 15.9 Å². The number of pyridine rings is 1. The highest BCUT2D eigenvalue weighted by Gasteiger charge is 2.14. The van der Waals surface area contributed by atoms with Crippen molar-refractivity contribution in [1.82, 2.24) is 4.98 Å². The van der Waals surface area contributed by atoms with Crippen molar-refractivity contribution < 1.29 is 4.79 Å². The third-order valence-corrected chi connectivity index (χ3v) is 3.75. The number of hydrogen-bond acceptors (Lipinski definition) is 2. The van der Waals surface area contributed by atoms with Gasteiger partial charge in [-0.3, -0.25) is 9.78 Å². The lowest BCUT2D eigenvalue weighted by Gasteiger charge is -2.08. The zero-order valence-electron chi connectivity index (χ0n) is 11.2. The van der Waals surface area contributed by atoms with Crippen molar-refractivity contribution in [1.29, 1.82) is 0 Å². The van der Waals surface area contributed by atoms with Gasteiger partial charge in [0, 0.05) is 27.4 Å². The molecule has 0 aliphatic rings. The summed E-state index contributed by atoms with van der Waals surface area (Å²) < 4.78 is 0.956. The Morgan fingerprint density at radius 1 is 0.857 bits per heavy atom. The predicted molar refractivity (Wildman–Crippen MR) is 87.2 cm³/mol. The topological polar surface area (TPSA) is 30.0 Å². The molecule has 2 aromatic carbocycles. The average Bonchev–Trinajstić information content (AvgIpc) is 2.56. The highest BCUT2D eigenvalue weighted by atomic mass is 79.9. The first-order valence-electron chi connectivity index (χ1n) is 6.56. The number of halogens is 1. The molecule has 102 valence electrons. The minimum atomic E-state index is 0.00348. The summed E-state index contributed by atoms with van der Waals surface area (Å²) in [7, 11) is 0. The van der Waals surface area contributed by atoms with E-state index in [-0.39, 0.29) is 5.78 Å². The maximum atomic E-state index is 12.7. The van der Waals surface area contributed by atoms with Crippen molar-refractivity contribution in [2.24, 2.45) is 0 Å². The third kappa shape index (κ3) is 2.93. The fraction of sp³-hybridized carbons (Fsp3) is 0. The monoisotopic (exact) mass is 337 g/mol. The molecule has 0 N–H and O–H groups in total. The molecule has 0 fully saturated rings. The number of ketones is 1. The molecule has 2 nitrogen and oxygen atoms in total. The summed E-state index contributed by atoms with van der Waals surface area (Å²) in [6.07, 6.45) is 1.73. The van der Waals surface area contributed by atoms with Crippen molar-refractivity contribution in [2.45, 2.75) is 0 Å². The van der Waals surface area contributed by atoms with Crippen molar-refractivity contribution in [3.8, 4) is 11.3 Å². The number of aromatic nitrogens is 1. The first kappa shape index (κ1) is 13.7. The van der Waals surface area contributed by atoms with Gasteiger partial charge in [0.2, 0.25) is 0 Å². The smallest absolute Gasteiger partial charge is 0.193 e. The quantitative estimate of drug-likeness (QED) is 0.646. The Bertz CT molecular complexity index is 767. The van der Waals surface area contributed by atoms with Gasteiger partial charge >= 0.3 is 0 Å². The lowest BCUT2D eigenvalue weighted by molar-refractivity contribution is 0.103. The van der Waals surface area contributed by atoms with Gasteiger partial charge in [-0.15, -0.1) is 0 Å². The summed E-state index contributed by atoms with van der Waals surface area (Å²) in [5, 5.41) is 0. The normalized spacial score (nSPS) is 10.3. The second-order valence-corrected chi connectivity index (χ2v) is 5.51. The fourth-order valence-corrected chi connectivity index (χ4v) is 2.45. The standard InChI is InChI=1S/C18H12BrNO/c19-14-10-8-13(9-11-14)18(21)16-6-2-1-5-15(16)17-7-3-4-12-20-17/h1-12H. The molecule has 0 aliphatic carbocycles. The highest BCUT2D eigenvalue weighted by Crippen LogP contribution is 2.24. The van der Waals surface area contributed by atoms with Gasteiger partial charge < -0.3 is 0 Å². The molecule has 0 radical (unpaired) electrons. The van der Waals surface area contributed by atoms with E-state index < -0.39 is 0 Å². The molecule has 21 heavy (non-hydrogen) atoms. The van der Waals surface area contributed by atoms with Crippen molar-refractivity contribution in [2.75, 3.05) is 0 Å². The van der Waals surface area contributed by atoms with E-state index in [4.69, 9.17) is 0 Å². The van der Waals surface area contributed by atoms with Gasteiger partial charge in [-0.2, -0.15) is 0 Å². The molecular formula is C18H12BrNO. The number of rotatable bonds is 3. The Balaban J connectivity index is 2.07. The molecule has 0 unspecified atom stereocenters. The van der Waals surface area contributed by atoms with E-state index in [2.05, 4.69) is 20.9 Å². The van der Waals surface area contributed by atoms with Crippen LogP contribution in [0.1, 0.15) is 15.9 Å². The minimum absolute atomic E-state index is 0.00348. The van der Waals surface area contributed by atoms with E-state index in [1.807, 2.05) is 66.7 Å². The Hall–Kier alpha value is -2.26. The molecular weight excluding hydrogens is 326 g/mol. The van der Waals surface area contributed by atoms with Crippen molar-refractivity contribution in [3.63, 3.8) is 0 Å². The molecule has 0 bridgehead atoms. The van der Waals surface area contributed by atoms with Gasteiger partial charge in [0.05, 0.1) is 5.69 Å². The van der Waals surface area contributed by atoms with Gasteiger partial charge in [0.1, 0.15) is 0 Å². The lowest BCUT2D eigenvalue weighted by atomic mass is 9.96. The molecule has 1 aromatic heterocycles. The van der Waals surface area contributed by atoms with Crippen molar-refractivity contribution in [3.05, 3.63) is 88.5 Å². The molecule has 3 rings (SSSR count). The number of carbonyl (C=O) groups is 1. The first-order chi connectivity index (χ1) is 10.3. The zero-order chi connectivity index (χ0) is 14.7. The summed E-state index contributed by atoms with van der Waals surface area (Å²) >= 11 is 3.38. The van der Waals surface area contributed by atoms with E-state index in [1.165, 1.54) is 0 Å². The first-order valence-corrected chi connectivity index (χ1v) is 7.36. The van der Waals surface area contributed by atoms with Crippen molar-refractivity contribution >= 4 is 21.7 Å². The Kier molecular flexibility index (Phi) is 3.93. The summed E-state index contributed by atoms with van der Waals surface area (Å²) in [6, 6.07) is 20.6. The second-order valence-electron chi connectivity index (χ2n) is 4.60. The predicted octanol–water partition coefficient (Wildman–Crippen LogP) is 4.74. The number of carbonyl (C=O) groups excluding carboxylic acids is 1. The molecule has 0 aliphatic heterocycles. The van der Waals surface area contributed by atoms with E-state index in [9.17, 15) is 4.79 Å². The van der Waals surface area contributed by atoms with Crippen LogP contribution in [0.2, 0.25) is 0 Å². The van der Waals surface area contributed by atoms with Crippen LogP contribution in [0.15, 0.2) is 77.4 Å². The van der Waals surface area contributed by atoms with Crippen LogP contribution in [0.5, 0.6) is 0 Å². The number of hydrogen-bond donors (Lipinski definition) is 0. The second kappa shape index (κ2) is 6.02. The van der Waals surface area contributed by atoms with E-state index in [1.54, 1.807) is 6.20 Å². The average molecular weight is 338 g/mol. The van der Waals surface area contributed by atoms with Crippen LogP contribution in [-0.4, -0.2) is 10.8 Å². The number of nitrogens with zero attached hydrogens (tertiary/aromatic N) is 1. The molecule has 3 aromatic rings. The van der Waals surface area contributed by atoms with Gasteiger partial charge in [-0.25, -0.2) is 0 Å². The Morgan fingerprint density at radius 3 is 2.29 bits per heavy atom. The van der Waals surface area contributed by atoms with Crippen LogP contribution in [-0.2, 0) is 0 Å². The molecule has 0 saturated heterocycles. The fourth-order valence-electron chi connectivity index (χ4n) is 2.18. The van der Waals surface area contributed by atoms with Crippen LogP contribution in [0.25, 0.3) is 11.3 Å². The maximum absolute atomic E-state index is 12.7. The van der Waals surface area contributed by atoms with E-state index in [0.717, 1.165) is 15.7 Å². The van der Waals surface area contributed by atoms with E-state index >= 15 is 0 Å². The van der Waals surface area contributed by atoms with Crippen LogP contribution in [0.3, 0.4) is 0 Å². The Labute approximate surface area is 131 Å². The summed E-state index contributed by atoms with van der Waals surface area (Å²) in [6.45, 7) is 0. The van der Waals surface area contributed by atoms with Crippen LogP contribution < -0.4 is 0 Å². The maximum Gasteiger partial charge on any atom is 0.193 e. The minimum Gasteiger partial charge on any atom is -0.289 e. The largest absolute Gasteiger partial charge is 0.289 e. The van der Waals surface area contributed by atoms with Gasteiger partial charge in [-0.05, 0) is 36.4 Å². The van der Waals surface area contributed by atoms with Gasteiger partial charge in [0.15, 0.2) is 5.78 Å². The number of benzene rings is 2. The van der Waals surface area contributed by atoms with E-state index in [0.29, 0.717) is 11.1 Å². The third-order valence-electron chi connectivity index (χ3n) is 3.22. The van der Waals surface area contributed by atoms with Gasteiger partial charge in [-0.1, -0.05) is 46.3 Å². The molecule has 0 spiro atoms. The molecule has 3 heteroatoms. The molecule has 0 saturated carbocycles. The summed E-state index contributed by atoms with van der Waals surface area (Å²) in [4.78, 5) is 17.0. The lowest BCUT2D eigenvalue weighted by Crippen LogP contribution is -2.03.